The average molecular weight is 478 g/mol. The number of halogens is 4. The van der Waals surface area contributed by atoms with Crippen molar-refractivity contribution in [3.05, 3.63) is 83.8 Å². The minimum Gasteiger partial charge on any atom is -0.459 e. The van der Waals surface area contributed by atoms with E-state index in [1.165, 1.54) is 24.5 Å². The van der Waals surface area contributed by atoms with Crippen molar-refractivity contribution in [2.75, 3.05) is 5.32 Å². The van der Waals surface area contributed by atoms with E-state index < -0.39 is 30.8 Å². The highest BCUT2D eigenvalue weighted by atomic mass is 19.3. The molecule has 1 aromatic heterocycles. The first-order chi connectivity index (χ1) is 16.3. The zero-order valence-corrected chi connectivity index (χ0v) is 17.3. The highest BCUT2D eigenvalue weighted by Gasteiger charge is 2.13. The van der Waals surface area contributed by atoms with Gasteiger partial charge in [0.2, 0.25) is 5.91 Å². The molecular weight excluding hydrogens is 460 g/mol. The van der Waals surface area contributed by atoms with E-state index in [4.69, 9.17) is 4.42 Å². The molecule has 3 rings (SSSR count). The molecule has 0 radical (unpaired) electrons. The summed E-state index contributed by atoms with van der Waals surface area (Å²) in [6, 6.07) is 13.0. The van der Waals surface area contributed by atoms with Gasteiger partial charge in [0.15, 0.2) is 5.76 Å². The lowest BCUT2D eigenvalue weighted by Gasteiger charge is -2.11. The van der Waals surface area contributed by atoms with Crippen molar-refractivity contribution in [2.24, 2.45) is 0 Å². The molecular formula is C23H18F4N2O5. The van der Waals surface area contributed by atoms with Crippen LogP contribution < -0.4 is 20.1 Å². The summed E-state index contributed by atoms with van der Waals surface area (Å²) in [7, 11) is 0. The van der Waals surface area contributed by atoms with Gasteiger partial charge < -0.3 is 24.5 Å². The molecule has 178 valence electrons. The topological polar surface area (TPSA) is 89.8 Å². The van der Waals surface area contributed by atoms with Gasteiger partial charge in [0, 0.05) is 29.9 Å². The predicted molar refractivity (Wildman–Crippen MR) is 114 cm³/mol. The molecule has 0 saturated heterocycles. The van der Waals surface area contributed by atoms with E-state index in [1.54, 1.807) is 30.3 Å². The van der Waals surface area contributed by atoms with Crippen molar-refractivity contribution in [3.8, 4) is 11.5 Å². The number of ether oxygens (including phenoxy) is 2. The Labute approximate surface area is 191 Å². The largest absolute Gasteiger partial charge is 0.459 e. The second-order valence-corrected chi connectivity index (χ2v) is 6.64. The standard InChI is InChI=1S/C23H18F4N2O5/c24-22(25)33-17-8-6-15(19(12-17)34-23(26)27)7-9-20(30)28-13-14-3-1-4-16(11-14)29-21(31)18-5-2-10-32-18/h1-12,22-23H,13H2,(H,28,30)(H,29,31). The molecule has 2 amide bonds. The van der Waals surface area contributed by atoms with Crippen molar-refractivity contribution < 1.29 is 41.0 Å². The fraction of sp³-hybridized carbons (Fsp3) is 0.130. The summed E-state index contributed by atoms with van der Waals surface area (Å²) < 4.78 is 63.5. The van der Waals surface area contributed by atoms with E-state index in [2.05, 4.69) is 20.1 Å². The monoisotopic (exact) mass is 478 g/mol. The first kappa shape index (κ1) is 24.4. The fourth-order valence-electron chi connectivity index (χ4n) is 2.80. The van der Waals surface area contributed by atoms with Gasteiger partial charge in [0.05, 0.1) is 6.26 Å². The lowest BCUT2D eigenvalue weighted by Crippen LogP contribution is -2.20. The van der Waals surface area contributed by atoms with E-state index in [1.807, 2.05) is 0 Å². The van der Waals surface area contributed by atoms with Gasteiger partial charge in [-0.25, -0.2) is 0 Å². The molecule has 3 aromatic rings. The SMILES string of the molecule is O=C(C=Cc1ccc(OC(F)F)cc1OC(F)F)NCc1cccc(NC(=O)c2ccco2)c1. The summed E-state index contributed by atoms with van der Waals surface area (Å²) >= 11 is 0. The molecule has 0 fully saturated rings. The third-order valence-corrected chi connectivity index (χ3v) is 4.24. The smallest absolute Gasteiger partial charge is 0.387 e. The van der Waals surface area contributed by atoms with Crippen LogP contribution >= 0.6 is 0 Å². The molecule has 34 heavy (non-hydrogen) atoms. The Bertz CT molecular complexity index is 1150. The quantitative estimate of drug-likeness (QED) is 0.314. The van der Waals surface area contributed by atoms with Crippen LogP contribution in [0.2, 0.25) is 0 Å². The molecule has 0 spiro atoms. The molecule has 0 bridgehead atoms. The van der Waals surface area contributed by atoms with Gasteiger partial charge in [0.25, 0.3) is 5.91 Å². The van der Waals surface area contributed by atoms with Gasteiger partial charge in [-0.05, 0) is 48.0 Å². The van der Waals surface area contributed by atoms with Crippen molar-refractivity contribution >= 4 is 23.6 Å². The summed E-state index contributed by atoms with van der Waals surface area (Å²) in [4.78, 5) is 24.2. The number of alkyl halides is 4. The number of benzene rings is 2. The van der Waals surface area contributed by atoms with Crippen LogP contribution in [-0.2, 0) is 11.3 Å². The number of hydrogen-bond acceptors (Lipinski definition) is 5. The summed E-state index contributed by atoms with van der Waals surface area (Å²) in [5.74, 6) is -1.64. The molecule has 0 atom stereocenters. The summed E-state index contributed by atoms with van der Waals surface area (Å²) in [5.41, 5.74) is 1.22. The molecule has 2 N–H and O–H groups in total. The lowest BCUT2D eigenvalue weighted by molar-refractivity contribution is -0.116. The van der Waals surface area contributed by atoms with Crippen LogP contribution in [0.4, 0.5) is 23.2 Å². The molecule has 2 aromatic carbocycles. The average Bonchev–Trinajstić information content (AvgIpc) is 3.32. The van der Waals surface area contributed by atoms with Crippen molar-refractivity contribution in [2.45, 2.75) is 19.8 Å². The van der Waals surface area contributed by atoms with E-state index in [0.717, 1.165) is 18.2 Å². The highest BCUT2D eigenvalue weighted by molar-refractivity contribution is 6.02. The number of amides is 2. The van der Waals surface area contributed by atoms with Crippen LogP contribution in [-0.4, -0.2) is 25.0 Å². The van der Waals surface area contributed by atoms with E-state index in [0.29, 0.717) is 11.3 Å². The Morgan fingerprint density at radius 3 is 2.47 bits per heavy atom. The van der Waals surface area contributed by atoms with Crippen LogP contribution in [0, 0.1) is 0 Å². The summed E-state index contributed by atoms with van der Waals surface area (Å²) in [6.07, 6.45) is 3.64. The minimum absolute atomic E-state index is 0.0553. The van der Waals surface area contributed by atoms with Crippen LogP contribution in [0.1, 0.15) is 21.7 Å². The van der Waals surface area contributed by atoms with E-state index in [-0.39, 0.29) is 23.6 Å². The molecule has 0 unspecified atom stereocenters. The van der Waals surface area contributed by atoms with Gasteiger partial charge in [-0.1, -0.05) is 12.1 Å². The number of carbonyl (C=O) groups is 2. The lowest BCUT2D eigenvalue weighted by atomic mass is 10.1. The zero-order valence-electron chi connectivity index (χ0n) is 17.3. The molecule has 1 heterocycles. The van der Waals surface area contributed by atoms with Crippen LogP contribution in [0.5, 0.6) is 11.5 Å². The van der Waals surface area contributed by atoms with E-state index in [9.17, 15) is 27.2 Å². The normalized spacial score (nSPS) is 11.1. The number of anilines is 1. The number of hydrogen-bond donors (Lipinski definition) is 2. The fourth-order valence-corrected chi connectivity index (χ4v) is 2.80. The van der Waals surface area contributed by atoms with Gasteiger partial charge in [-0.3, -0.25) is 9.59 Å². The second kappa shape index (κ2) is 11.5. The summed E-state index contributed by atoms with van der Waals surface area (Å²) in [5, 5.41) is 5.27. The third-order valence-electron chi connectivity index (χ3n) is 4.24. The number of carbonyl (C=O) groups excluding carboxylic acids is 2. The van der Waals surface area contributed by atoms with Gasteiger partial charge in [-0.15, -0.1) is 0 Å². The molecule has 11 heteroatoms. The Morgan fingerprint density at radius 1 is 0.971 bits per heavy atom. The van der Waals surface area contributed by atoms with Gasteiger partial charge in [-0.2, -0.15) is 17.6 Å². The van der Waals surface area contributed by atoms with Gasteiger partial charge in [0.1, 0.15) is 11.5 Å². The maximum Gasteiger partial charge on any atom is 0.387 e. The van der Waals surface area contributed by atoms with Crippen molar-refractivity contribution in [1.82, 2.24) is 5.32 Å². The molecule has 0 aliphatic carbocycles. The van der Waals surface area contributed by atoms with Crippen LogP contribution in [0.15, 0.2) is 71.4 Å². The molecule has 0 aliphatic heterocycles. The maximum absolute atomic E-state index is 12.6. The Kier molecular flexibility index (Phi) is 8.27. The van der Waals surface area contributed by atoms with Gasteiger partial charge >= 0.3 is 13.2 Å². The van der Waals surface area contributed by atoms with Crippen molar-refractivity contribution in [1.29, 1.82) is 0 Å². The number of rotatable bonds is 10. The Hall–Kier alpha value is -4.28. The van der Waals surface area contributed by atoms with Crippen molar-refractivity contribution in [3.63, 3.8) is 0 Å². The Morgan fingerprint density at radius 2 is 1.76 bits per heavy atom. The first-order valence-electron chi connectivity index (χ1n) is 9.73. The molecule has 7 nitrogen and oxygen atoms in total. The second-order valence-electron chi connectivity index (χ2n) is 6.64. The highest BCUT2D eigenvalue weighted by Crippen LogP contribution is 2.28. The zero-order chi connectivity index (χ0) is 24.5. The van der Waals surface area contributed by atoms with Crippen LogP contribution in [0.3, 0.4) is 0 Å². The minimum atomic E-state index is -3.21. The maximum atomic E-state index is 12.6. The summed E-state index contributed by atoms with van der Waals surface area (Å²) in [6.45, 7) is -6.23. The number of furan rings is 1. The molecule has 0 aliphatic rings. The predicted octanol–water partition coefficient (Wildman–Crippen LogP) is 5.06. The molecule has 0 saturated carbocycles. The van der Waals surface area contributed by atoms with E-state index >= 15 is 0 Å². The number of nitrogens with one attached hydrogen (secondary N) is 2. The Balaban J connectivity index is 1.60. The van der Waals surface area contributed by atoms with Crippen LogP contribution in [0.25, 0.3) is 6.08 Å². The first-order valence-corrected chi connectivity index (χ1v) is 9.73. The third kappa shape index (κ3) is 7.40.